The average Bonchev–Trinajstić information content (AvgIpc) is 2.74. The lowest BCUT2D eigenvalue weighted by Crippen LogP contribution is -2.63. The van der Waals surface area contributed by atoms with E-state index in [9.17, 15) is 34.8 Å². The van der Waals surface area contributed by atoms with Gasteiger partial charge in [-0.15, -0.1) is 0 Å². The van der Waals surface area contributed by atoms with E-state index in [0.29, 0.717) is 23.3 Å². The summed E-state index contributed by atoms with van der Waals surface area (Å²) in [5.74, 6) is -5.85. The number of thioether (sulfide) groups is 1. The molecule has 0 spiro atoms. The molecule has 0 saturated carbocycles. The third kappa shape index (κ3) is 3.12. The quantitative estimate of drug-likeness (QED) is 0.393. The highest BCUT2D eigenvalue weighted by molar-refractivity contribution is 7.97. The number of phenols is 1. The smallest absolute Gasteiger partial charge is 0.255 e. The van der Waals surface area contributed by atoms with Crippen LogP contribution in [0.15, 0.2) is 28.7 Å². The van der Waals surface area contributed by atoms with Crippen molar-refractivity contribution in [2.75, 3.05) is 20.4 Å². The molecule has 0 radical (unpaired) electrons. The van der Waals surface area contributed by atoms with Gasteiger partial charge in [0, 0.05) is 22.8 Å². The van der Waals surface area contributed by atoms with Gasteiger partial charge in [0.1, 0.15) is 22.8 Å². The zero-order valence-corrected chi connectivity index (χ0v) is 20.2. The molecule has 0 fully saturated rings. The summed E-state index contributed by atoms with van der Waals surface area (Å²) in [7, 11) is 3.20. The first-order valence-corrected chi connectivity index (χ1v) is 12.2. The van der Waals surface area contributed by atoms with Gasteiger partial charge in [0.05, 0.1) is 11.6 Å². The molecule has 4 atom stereocenters. The number of fused-ring (bicyclic) bond motifs is 3. The number of aliphatic hydroxyl groups is 3. The molecule has 10 heteroatoms. The Morgan fingerprint density at radius 3 is 2.47 bits per heavy atom. The van der Waals surface area contributed by atoms with E-state index in [2.05, 4.69) is 0 Å². The predicted molar refractivity (Wildman–Crippen MR) is 126 cm³/mol. The lowest BCUT2D eigenvalue weighted by atomic mass is 9.58. The molecular weight excluding hydrogens is 460 g/mol. The fourth-order valence-corrected chi connectivity index (χ4v) is 6.37. The topological polar surface area (TPSA) is 161 Å². The zero-order valence-electron chi connectivity index (χ0n) is 19.4. The Balaban J connectivity index is 1.96. The number of benzene rings is 1. The van der Waals surface area contributed by atoms with Crippen LogP contribution in [0.5, 0.6) is 5.75 Å². The molecule has 9 nitrogen and oxygen atoms in total. The second-order valence-corrected chi connectivity index (χ2v) is 10.3. The summed E-state index contributed by atoms with van der Waals surface area (Å²) in [6.45, 7) is 1.85. The summed E-state index contributed by atoms with van der Waals surface area (Å²) < 4.78 is 0. The van der Waals surface area contributed by atoms with E-state index in [1.807, 2.05) is 19.2 Å². The highest BCUT2D eigenvalue weighted by Gasteiger charge is 2.63. The second kappa shape index (κ2) is 8.14. The molecule has 1 aromatic carbocycles. The van der Waals surface area contributed by atoms with Crippen molar-refractivity contribution < 1.29 is 34.8 Å². The number of amides is 1. The Hall–Kier alpha value is -2.82. The summed E-state index contributed by atoms with van der Waals surface area (Å²) in [6.07, 6.45) is 2.25. The summed E-state index contributed by atoms with van der Waals surface area (Å²) in [4.78, 5) is 40.4. The van der Waals surface area contributed by atoms with Crippen LogP contribution in [0.3, 0.4) is 0 Å². The molecule has 1 amide bonds. The molecule has 3 aliphatic carbocycles. The number of aliphatic hydroxyl groups excluding tert-OH is 2. The number of ketones is 2. The van der Waals surface area contributed by atoms with Crippen LogP contribution in [-0.4, -0.2) is 74.8 Å². The van der Waals surface area contributed by atoms with Crippen molar-refractivity contribution in [2.24, 2.45) is 17.6 Å². The molecule has 0 bridgehead atoms. The van der Waals surface area contributed by atoms with E-state index in [-0.39, 0.29) is 23.3 Å². The Bertz CT molecular complexity index is 1200. The highest BCUT2D eigenvalue weighted by atomic mass is 32.2. The third-order valence-corrected chi connectivity index (χ3v) is 7.92. The van der Waals surface area contributed by atoms with Gasteiger partial charge in [-0.25, -0.2) is 0 Å². The zero-order chi connectivity index (χ0) is 25.3. The van der Waals surface area contributed by atoms with E-state index in [4.69, 9.17) is 5.73 Å². The van der Waals surface area contributed by atoms with Gasteiger partial charge >= 0.3 is 0 Å². The lowest BCUT2D eigenvalue weighted by molar-refractivity contribution is -0.148. The average molecular weight is 489 g/mol. The molecule has 4 rings (SSSR count). The Morgan fingerprint density at radius 2 is 1.91 bits per heavy atom. The third-order valence-electron chi connectivity index (χ3n) is 7.32. The number of allylic oxidation sites excluding steroid dienone is 1. The van der Waals surface area contributed by atoms with Gasteiger partial charge in [-0.05, 0) is 57.2 Å². The second-order valence-electron chi connectivity index (χ2n) is 9.45. The number of primary amides is 1. The standard InChI is InChI=1S/C24H28N2O7S/c1-9-5-11(8-34-4)18(27)15-12(9)6-10-7-13-17(26(2)3)20(29)16(23(25)32)22(31)24(13,33)21(30)14(10)19(15)28/h5,10,13,17,27,29-30,33H,6-8H2,1-4H3,(H2,25,32). The molecule has 0 aromatic heterocycles. The number of aromatic hydroxyl groups is 1. The van der Waals surface area contributed by atoms with Gasteiger partial charge in [0.2, 0.25) is 5.78 Å². The van der Waals surface area contributed by atoms with Crippen LogP contribution in [0.25, 0.3) is 0 Å². The van der Waals surface area contributed by atoms with Crippen LogP contribution in [0.4, 0.5) is 0 Å². The van der Waals surface area contributed by atoms with Crippen molar-refractivity contribution in [1.29, 1.82) is 0 Å². The van der Waals surface area contributed by atoms with Crippen LogP contribution in [0.2, 0.25) is 0 Å². The minimum absolute atomic E-state index is 0.0600. The van der Waals surface area contributed by atoms with Crippen LogP contribution >= 0.6 is 11.8 Å². The summed E-state index contributed by atoms with van der Waals surface area (Å²) in [5, 5.41) is 44.5. The number of rotatable bonds is 4. The Labute approximate surface area is 200 Å². The van der Waals surface area contributed by atoms with Gasteiger partial charge in [-0.2, -0.15) is 11.8 Å². The lowest BCUT2D eigenvalue weighted by Gasteiger charge is -2.50. The normalized spacial score (nSPS) is 28.7. The van der Waals surface area contributed by atoms with Crippen molar-refractivity contribution >= 4 is 29.2 Å². The van der Waals surface area contributed by atoms with E-state index in [0.717, 1.165) is 5.56 Å². The van der Waals surface area contributed by atoms with Crippen LogP contribution in [-0.2, 0) is 21.8 Å². The molecule has 0 saturated heterocycles. The van der Waals surface area contributed by atoms with Gasteiger partial charge in [0.25, 0.3) is 5.91 Å². The number of hydrogen-bond donors (Lipinski definition) is 5. The molecule has 0 heterocycles. The molecule has 3 aliphatic rings. The van der Waals surface area contributed by atoms with Gasteiger partial charge in [-0.3, -0.25) is 19.3 Å². The van der Waals surface area contributed by atoms with Crippen molar-refractivity contribution in [3.8, 4) is 5.75 Å². The highest BCUT2D eigenvalue weighted by Crippen LogP contribution is 2.52. The molecule has 1 aromatic rings. The fourth-order valence-electron chi connectivity index (χ4n) is 5.84. The van der Waals surface area contributed by atoms with Crippen molar-refractivity contribution in [1.82, 2.24) is 4.90 Å². The number of nitrogens with two attached hydrogens (primary N) is 1. The van der Waals surface area contributed by atoms with Crippen molar-refractivity contribution in [3.05, 3.63) is 51.0 Å². The number of nitrogens with zero attached hydrogens (tertiary/aromatic N) is 1. The largest absolute Gasteiger partial charge is 0.510 e. The monoisotopic (exact) mass is 488 g/mol. The van der Waals surface area contributed by atoms with E-state index >= 15 is 0 Å². The van der Waals surface area contributed by atoms with Crippen molar-refractivity contribution in [3.63, 3.8) is 0 Å². The first-order valence-electron chi connectivity index (χ1n) is 10.9. The SMILES string of the molecule is CSCc1cc(C)c2c(c1O)C(=O)C1=C(O)C3(O)C(=O)C(C(N)=O)=C(O)C(N(C)C)C3CC1C2. The van der Waals surface area contributed by atoms with Crippen molar-refractivity contribution in [2.45, 2.75) is 37.2 Å². The first-order chi connectivity index (χ1) is 15.9. The summed E-state index contributed by atoms with van der Waals surface area (Å²) in [6, 6.07) is 0.843. The van der Waals surface area contributed by atoms with Gasteiger partial charge in [0.15, 0.2) is 11.4 Å². The molecule has 4 unspecified atom stereocenters. The van der Waals surface area contributed by atoms with Gasteiger partial charge < -0.3 is 26.2 Å². The minimum Gasteiger partial charge on any atom is -0.510 e. The number of aryl methyl sites for hydroxylation is 1. The van der Waals surface area contributed by atoms with Crippen LogP contribution in [0, 0.1) is 18.8 Å². The maximum atomic E-state index is 13.6. The number of likely N-dealkylation sites (N-methyl/N-ethyl adjacent to an activating group) is 1. The summed E-state index contributed by atoms with van der Waals surface area (Å²) >= 11 is 1.48. The molecule has 0 aliphatic heterocycles. The maximum Gasteiger partial charge on any atom is 0.255 e. The van der Waals surface area contributed by atoms with Crippen LogP contribution < -0.4 is 5.73 Å². The number of carbonyl (C=O) groups excluding carboxylic acids is 3. The number of carbonyl (C=O) groups is 3. The molecular formula is C24H28N2O7S. The summed E-state index contributed by atoms with van der Waals surface area (Å²) in [5.41, 5.74) is 3.88. The van der Waals surface area contributed by atoms with E-state index in [1.165, 1.54) is 16.7 Å². The Morgan fingerprint density at radius 1 is 1.26 bits per heavy atom. The number of Topliss-reactive ketones (excluding diaryl/α,β-unsaturated/α-hetero) is 2. The maximum absolute atomic E-state index is 13.6. The fraction of sp³-hybridized carbons (Fsp3) is 0.458. The predicted octanol–water partition coefficient (Wildman–Crippen LogP) is 1.29. The number of hydrogen-bond acceptors (Lipinski definition) is 9. The van der Waals surface area contributed by atoms with Crippen LogP contribution in [0.1, 0.15) is 33.5 Å². The molecule has 34 heavy (non-hydrogen) atoms. The van der Waals surface area contributed by atoms with Gasteiger partial charge in [-0.1, -0.05) is 6.07 Å². The molecule has 6 N–H and O–H groups in total. The van der Waals surface area contributed by atoms with E-state index < -0.39 is 58.0 Å². The Kier molecular flexibility index (Phi) is 5.82. The minimum atomic E-state index is -2.62. The first kappa shape index (κ1) is 24.3. The molecule has 182 valence electrons. The number of phenolic OH excluding ortho intramolecular Hbond substituents is 1. The van der Waals surface area contributed by atoms with E-state index in [1.54, 1.807) is 14.1 Å².